The summed E-state index contributed by atoms with van der Waals surface area (Å²) >= 11 is 0. The molecule has 2 aliphatic rings. The molecule has 0 saturated carbocycles. The van der Waals surface area contributed by atoms with E-state index in [-0.39, 0.29) is 5.82 Å². The summed E-state index contributed by atoms with van der Waals surface area (Å²) in [6.07, 6.45) is 0. The lowest BCUT2D eigenvalue weighted by atomic mass is 10.1. The Bertz CT molecular complexity index is 987. The molecule has 1 fully saturated rings. The van der Waals surface area contributed by atoms with Crippen LogP contribution in [0, 0.1) is 5.82 Å². The quantitative estimate of drug-likeness (QED) is 0.679. The lowest BCUT2D eigenvalue weighted by Gasteiger charge is -2.35. The standard InChI is InChI=1S/C22H21FN4O2/c23-18-4-2-17(3-5-18)19-6-8-22(25-24-19)27-11-9-26(10-12-27)14-16-1-7-20-21(13-16)29-15-28-20/h1-8,13H,9-12,14-15H2. The second kappa shape index (κ2) is 7.67. The molecule has 0 unspecified atom stereocenters. The third-order valence-corrected chi connectivity index (χ3v) is 5.33. The first kappa shape index (κ1) is 17.9. The van der Waals surface area contributed by atoms with E-state index < -0.39 is 0 Å². The Morgan fingerprint density at radius 3 is 2.38 bits per heavy atom. The first-order valence-corrected chi connectivity index (χ1v) is 9.70. The Kier molecular flexibility index (Phi) is 4.73. The highest BCUT2D eigenvalue weighted by molar-refractivity contribution is 5.59. The summed E-state index contributed by atoms with van der Waals surface area (Å²) in [4.78, 5) is 4.67. The van der Waals surface area contributed by atoms with Crippen LogP contribution in [0.2, 0.25) is 0 Å². The van der Waals surface area contributed by atoms with Crippen molar-refractivity contribution in [1.82, 2.24) is 15.1 Å². The molecule has 0 atom stereocenters. The minimum atomic E-state index is -0.253. The van der Waals surface area contributed by atoms with Gasteiger partial charge in [-0.3, -0.25) is 4.90 Å². The maximum absolute atomic E-state index is 13.1. The first-order chi connectivity index (χ1) is 14.2. The van der Waals surface area contributed by atoms with Gasteiger partial charge in [-0.05, 0) is 54.1 Å². The molecule has 1 saturated heterocycles. The third kappa shape index (κ3) is 3.86. The molecule has 3 aromatic rings. The fourth-order valence-corrected chi connectivity index (χ4v) is 3.70. The van der Waals surface area contributed by atoms with Crippen LogP contribution in [0.15, 0.2) is 54.6 Å². The van der Waals surface area contributed by atoms with Gasteiger partial charge in [-0.25, -0.2) is 4.39 Å². The zero-order valence-corrected chi connectivity index (χ0v) is 15.9. The summed E-state index contributed by atoms with van der Waals surface area (Å²) in [6.45, 7) is 4.90. The zero-order chi connectivity index (χ0) is 19.6. The molecule has 0 bridgehead atoms. The largest absolute Gasteiger partial charge is 0.454 e. The number of ether oxygens (including phenoxy) is 2. The Morgan fingerprint density at radius 1 is 0.828 bits per heavy atom. The van der Waals surface area contributed by atoms with Crippen molar-refractivity contribution in [2.75, 3.05) is 37.9 Å². The van der Waals surface area contributed by atoms with Crippen molar-refractivity contribution in [2.45, 2.75) is 6.54 Å². The lowest BCUT2D eigenvalue weighted by molar-refractivity contribution is 0.174. The molecule has 2 aliphatic heterocycles. The van der Waals surface area contributed by atoms with Gasteiger partial charge in [0, 0.05) is 38.3 Å². The summed E-state index contributed by atoms with van der Waals surface area (Å²) in [5, 5.41) is 8.70. The summed E-state index contributed by atoms with van der Waals surface area (Å²) in [5.74, 6) is 2.27. The number of benzene rings is 2. The topological polar surface area (TPSA) is 50.7 Å². The fraction of sp³-hybridized carbons (Fsp3) is 0.273. The minimum absolute atomic E-state index is 0.253. The van der Waals surface area contributed by atoms with E-state index in [1.807, 2.05) is 18.2 Å². The van der Waals surface area contributed by atoms with Crippen molar-refractivity contribution in [3.8, 4) is 22.8 Å². The van der Waals surface area contributed by atoms with Crippen LogP contribution in [0.4, 0.5) is 10.2 Å². The van der Waals surface area contributed by atoms with Crippen molar-refractivity contribution in [3.63, 3.8) is 0 Å². The highest BCUT2D eigenvalue weighted by atomic mass is 19.1. The average molecular weight is 392 g/mol. The van der Waals surface area contributed by atoms with Crippen LogP contribution in [-0.2, 0) is 6.54 Å². The van der Waals surface area contributed by atoms with E-state index in [2.05, 4.69) is 32.1 Å². The number of anilines is 1. The van der Waals surface area contributed by atoms with Crippen molar-refractivity contribution in [3.05, 3.63) is 66.0 Å². The molecule has 2 aromatic carbocycles. The Morgan fingerprint density at radius 2 is 1.62 bits per heavy atom. The van der Waals surface area contributed by atoms with Gasteiger partial charge in [0.1, 0.15) is 5.82 Å². The van der Waals surface area contributed by atoms with Crippen molar-refractivity contribution < 1.29 is 13.9 Å². The summed E-state index contributed by atoms with van der Waals surface area (Å²) in [6, 6.07) is 16.4. The van der Waals surface area contributed by atoms with E-state index in [0.717, 1.165) is 61.3 Å². The second-order valence-electron chi connectivity index (χ2n) is 7.23. The van der Waals surface area contributed by atoms with Crippen LogP contribution in [0.25, 0.3) is 11.3 Å². The van der Waals surface area contributed by atoms with Crippen LogP contribution < -0.4 is 14.4 Å². The molecule has 3 heterocycles. The number of halogens is 1. The van der Waals surface area contributed by atoms with E-state index in [1.165, 1.54) is 17.7 Å². The van der Waals surface area contributed by atoms with Crippen molar-refractivity contribution in [1.29, 1.82) is 0 Å². The molecule has 0 amide bonds. The summed E-state index contributed by atoms with van der Waals surface area (Å²) < 4.78 is 23.9. The van der Waals surface area contributed by atoms with Crippen LogP contribution in [0.1, 0.15) is 5.56 Å². The van der Waals surface area contributed by atoms with Gasteiger partial charge in [-0.15, -0.1) is 10.2 Å². The number of hydrogen-bond acceptors (Lipinski definition) is 6. The maximum atomic E-state index is 13.1. The number of rotatable bonds is 4. The zero-order valence-electron chi connectivity index (χ0n) is 15.9. The molecule has 0 spiro atoms. The monoisotopic (exact) mass is 392 g/mol. The molecule has 148 valence electrons. The van der Waals surface area contributed by atoms with Crippen LogP contribution >= 0.6 is 0 Å². The van der Waals surface area contributed by atoms with Gasteiger partial charge in [-0.2, -0.15) is 0 Å². The average Bonchev–Trinajstić information content (AvgIpc) is 3.23. The van der Waals surface area contributed by atoms with Gasteiger partial charge in [0.15, 0.2) is 17.3 Å². The molecule has 1 aromatic heterocycles. The van der Waals surface area contributed by atoms with Gasteiger partial charge in [-0.1, -0.05) is 6.07 Å². The predicted molar refractivity (Wildman–Crippen MR) is 107 cm³/mol. The van der Waals surface area contributed by atoms with Crippen LogP contribution in [0.5, 0.6) is 11.5 Å². The SMILES string of the molecule is Fc1ccc(-c2ccc(N3CCN(Cc4ccc5c(c4)OCO5)CC3)nn2)cc1. The normalized spacial score (nSPS) is 16.2. The van der Waals surface area contributed by atoms with Crippen LogP contribution in [-0.4, -0.2) is 48.1 Å². The van der Waals surface area contributed by atoms with Gasteiger partial charge in [0.05, 0.1) is 5.69 Å². The van der Waals surface area contributed by atoms with Gasteiger partial charge < -0.3 is 14.4 Å². The van der Waals surface area contributed by atoms with E-state index in [9.17, 15) is 4.39 Å². The molecule has 6 nitrogen and oxygen atoms in total. The molecular formula is C22H21FN4O2. The number of fused-ring (bicyclic) bond motifs is 1. The number of nitrogens with zero attached hydrogens (tertiary/aromatic N) is 4. The Labute approximate surface area is 168 Å². The molecular weight excluding hydrogens is 371 g/mol. The van der Waals surface area contributed by atoms with E-state index in [0.29, 0.717) is 6.79 Å². The van der Waals surface area contributed by atoms with E-state index >= 15 is 0 Å². The van der Waals surface area contributed by atoms with Crippen LogP contribution in [0.3, 0.4) is 0 Å². The summed E-state index contributed by atoms with van der Waals surface area (Å²) in [7, 11) is 0. The Hall–Kier alpha value is -3.19. The smallest absolute Gasteiger partial charge is 0.231 e. The predicted octanol–water partition coefficient (Wildman–Crippen LogP) is 3.33. The third-order valence-electron chi connectivity index (χ3n) is 5.33. The highest BCUT2D eigenvalue weighted by Crippen LogP contribution is 2.33. The molecule has 7 heteroatoms. The van der Waals surface area contributed by atoms with Gasteiger partial charge in [0.2, 0.25) is 6.79 Å². The molecule has 0 N–H and O–H groups in total. The molecule has 0 radical (unpaired) electrons. The van der Waals surface area contributed by atoms with Gasteiger partial charge >= 0.3 is 0 Å². The molecule has 0 aliphatic carbocycles. The fourth-order valence-electron chi connectivity index (χ4n) is 3.70. The lowest BCUT2D eigenvalue weighted by Crippen LogP contribution is -2.46. The number of hydrogen-bond donors (Lipinski definition) is 0. The number of piperazine rings is 1. The first-order valence-electron chi connectivity index (χ1n) is 9.70. The molecule has 29 heavy (non-hydrogen) atoms. The summed E-state index contributed by atoms with van der Waals surface area (Å²) in [5.41, 5.74) is 2.83. The van der Waals surface area contributed by atoms with E-state index in [1.54, 1.807) is 12.1 Å². The second-order valence-corrected chi connectivity index (χ2v) is 7.23. The van der Waals surface area contributed by atoms with E-state index in [4.69, 9.17) is 9.47 Å². The highest BCUT2D eigenvalue weighted by Gasteiger charge is 2.20. The Balaban J connectivity index is 1.19. The maximum Gasteiger partial charge on any atom is 0.231 e. The van der Waals surface area contributed by atoms with Crippen molar-refractivity contribution >= 4 is 5.82 Å². The minimum Gasteiger partial charge on any atom is -0.454 e. The van der Waals surface area contributed by atoms with Crippen molar-refractivity contribution in [2.24, 2.45) is 0 Å². The molecule has 5 rings (SSSR count). The number of aromatic nitrogens is 2. The van der Waals surface area contributed by atoms with Gasteiger partial charge in [0.25, 0.3) is 0 Å².